The molecular weight excluding hydrogens is 246 g/mol. The minimum absolute atomic E-state index is 0.954. The molecule has 0 radical (unpaired) electrons. The second-order valence-corrected chi connectivity index (χ2v) is 5.22. The number of rotatable bonds is 7. The maximum atomic E-state index is 4.34. The molecule has 0 aliphatic heterocycles. The molecule has 0 aliphatic rings. The molecule has 3 heteroatoms. The summed E-state index contributed by atoms with van der Waals surface area (Å²) < 4.78 is 0. The fourth-order valence-electron chi connectivity index (χ4n) is 2.11. The van der Waals surface area contributed by atoms with Gasteiger partial charge in [0.2, 0.25) is 0 Å². The summed E-state index contributed by atoms with van der Waals surface area (Å²) in [6.45, 7) is 5.09. The van der Waals surface area contributed by atoms with E-state index in [1.807, 2.05) is 12.3 Å². The number of aromatic nitrogens is 1. The van der Waals surface area contributed by atoms with E-state index < -0.39 is 0 Å². The topological polar surface area (TPSA) is 28.2 Å². The lowest BCUT2D eigenvalue weighted by atomic mass is 10.2. The van der Waals surface area contributed by atoms with E-state index in [2.05, 4.69) is 65.6 Å². The molecule has 0 atom stereocenters. The van der Waals surface area contributed by atoms with Gasteiger partial charge in [0.25, 0.3) is 0 Å². The Kier molecular flexibility index (Phi) is 5.56. The van der Waals surface area contributed by atoms with Crippen LogP contribution in [0.25, 0.3) is 0 Å². The predicted octanol–water partition coefficient (Wildman–Crippen LogP) is 3.32. The van der Waals surface area contributed by atoms with Crippen molar-refractivity contribution in [2.24, 2.45) is 0 Å². The summed E-state index contributed by atoms with van der Waals surface area (Å²) >= 11 is 0. The summed E-state index contributed by atoms with van der Waals surface area (Å²) in [5.74, 6) is 0.960. The molecule has 0 fully saturated rings. The van der Waals surface area contributed by atoms with Crippen LogP contribution >= 0.6 is 0 Å². The van der Waals surface area contributed by atoms with Crippen LogP contribution in [0.2, 0.25) is 0 Å². The van der Waals surface area contributed by atoms with Crippen LogP contribution < -0.4 is 5.32 Å². The lowest BCUT2D eigenvalue weighted by Gasteiger charge is -2.16. The average molecular weight is 269 g/mol. The van der Waals surface area contributed by atoms with Crippen molar-refractivity contribution in [3.63, 3.8) is 0 Å². The number of pyridine rings is 1. The molecule has 0 unspecified atom stereocenters. The molecule has 2 aromatic rings. The molecule has 1 N–H and O–H groups in total. The van der Waals surface area contributed by atoms with E-state index in [1.54, 1.807) is 0 Å². The molecule has 0 aliphatic carbocycles. The Morgan fingerprint density at radius 3 is 2.60 bits per heavy atom. The summed E-state index contributed by atoms with van der Waals surface area (Å²) in [6.07, 6.45) is 3.00. The van der Waals surface area contributed by atoms with Gasteiger partial charge in [-0.1, -0.05) is 36.4 Å². The van der Waals surface area contributed by atoms with Crippen LogP contribution in [0.15, 0.2) is 48.7 Å². The van der Waals surface area contributed by atoms with E-state index in [0.717, 1.165) is 31.9 Å². The molecule has 0 saturated heterocycles. The van der Waals surface area contributed by atoms with Gasteiger partial charge in [-0.25, -0.2) is 4.98 Å². The van der Waals surface area contributed by atoms with Crippen LogP contribution in [0.4, 0.5) is 5.82 Å². The van der Waals surface area contributed by atoms with Gasteiger partial charge in [0.05, 0.1) is 0 Å². The monoisotopic (exact) mass is 269 g/mol. The smallest absolute Gasteiger partial charge is 0.125 e. The first-order chi connectivity index (χ1) is 9.74. The molecule has 3 nitrogen and oxygen atoms in total. The number of nitrogens with zero attached hydrogens (tertiary/aromatic N) is 2. The molecule has 106 valence electrons. The minimum atomic E-state index is 0.954. The molecule has 1 heterocycles. The van der Waals surface area contributed by atoms with Gasteiger partial charge in [-0.05, 0) is 44.1 Å². The zero-order chi connectivity index (χ0) is 14.2. The normalized spacial score (nSPS) is 10.8. The van der Waals surface area contributed by atoms with E-state index in [9.17, 15) is 0 Å². The second kappa shape index (κ2) is 7.65. The molecular formula is C17H23N3. The van der Waals surface area contributed by atoms with E-state index in [4.69, 9.17) is 0 Å². The molecule has 1 aromatic carbocycles. The van der Waals surface area contributed by atoms with Crippen molar-refractivity contribution in [3.05, 3.63) is 59.8 Å². The van der Waals surface area contributed by atoms with Crippen molar-refractivity contribution in [1.29, 1.82) is 0 Å². The second-order valence-electron chi connectivity index (χ2n) is 5.22. The first-order valence-corrected chi connectivity index (χ1v) is 7.13. The molecule has 0 bridgehead atoms. The Morgan fingerprint density at radius 2 is 1.90 bits per heavy atom. The highest BCUT2D eigenvalue weighted by Crippen LogP contribution is 2.05. The lowest BCUT2D eigenvalue weighted by molar-refractivity contribution is 0.325. The van der Waals surface area contributed by atoms with Crippen molar-refractivity contribution in [3.8, 4) is 0 Å². The fourth-order valence-corrected chi connectivity index (χ4v) is 2.11. The highest BCUT2D eigenvalue weighted by molar-refractivity contribution is 5.34. The number of anilines is 1. The summed E-state index contributed by atoms with van der Waals surface area (Å²) in [6, 6.07) is 14.7. The fraction of sp³-hybridized carbons (Fsp3) is 0.353. The maximum absolute atomic E-state index is 4.34. The van der Waals surface area contributed by atoms with Crippen LogP contribution in [-0.2, 0) is 6.54 Å². The quantitative estimate of drug-likeness (QED) is 0.782. The third-order valence-corrected chi connectivity index (χ3v) is 3.23. The average Bonchev–Trinajstić information content (AvgIpc) is 2.46. The first-order valence-electron chi connectivity index (χ1n) is 7.13. The van der Waals surface area contributed by atoms with Crippen LogP contribution in [-0.4, -0.2) is 30.0 Å². The predicted molar refractivity (Wildman–Crippen MR) is 84.9 cm³/mol. The van der Waals surface area contributed by atoms with Gasteiger partial charge < -0.3 is 10.2 Å². The molecule has 0 saturated carbocycles. The van der Waals surface area contributed by atoms with E-state index in [1.165, 1.54) is 11.1 Å². The van der Waals surface area contributed by atoms with Crippen molar-refractivity contribution in [2.75, 3.05) is 25.5 Å². The van der Waals surface area contributed by atoms with E-state index in [0.29, 0.717) is 0 Å². The SMILES string of the molecule is Cc1ccc(NCCCN(C)Cc2ccccc2)nc1. The number of nitrogens with one attached hydrogen (secondary N) is 1. The molecule has 1 aromatic heterocycles. The summed E-state index contributed by atoms with van der Waals surface area (Å²) in [5.41, 5.74) is 2.56. The van der Waals surface area contributed by atoms with Crippen LogP contribution in [0.5, 0.6) is 0 Å². The number of aryl methyl sites for hydroxylation is 1. The minimum Gasteiger partial charge on any atom is -0.370 e. The molecule has 2 rings (SSSR count). The third-order valence-electron chi connectivity index (χ3n) is 3.23. The highest BCUT2D eigenvalue weighted by atomic mass is 15.1. The van der Waals surface area contributed by atoms with Crippen LogP contribution in [0.1, 0.15) is 17.5 Å². The third kappa shape index (κ3) is 5.02. The van der Waals surface area contributed by atoms with Crippen molar-refractivity contribution in [2.45, 2.75) is 19.9 Å². The number of hydrogen-bond donors (Lipinski definition) is 1. The Balaban J connectivity index is 1.64. The molecule has 20 heavy (non-hydrogen) atoms. The summed E-state index contributed by atoms with van der Waals surface area (Å²) in [4.78, 5) is 6.68. The van der Waals surface area contributed by atoms with Crippen molar-refractivity contribution in [1.82, 2.24) is 9.88 Å². The molecule has 0 amide bonds. The maximum Gasteiger partial charge on any atom is 0.125 e. The van der Waals surface area contributed by atoms with Gasteiger partial charge in [0.1, 0.15) is 5.82 Å². The number of benzene rings is 1. The highest BCUT2D eigenvalue weighted by Gasteiger charge is 2.00. The zero-order valence-electron chi connectivity index (χ0n) is 12.3. The van der Waals surface area contributed by atoms with Gasteiger partial charge in [-0.3, -0.25) is 0 Å². The van der Waals surface area contributed by atoms with E-state index in [-0.39, 0.29) is 0 Å². The Hall–Kier alpha value is -1.87. The van der Waals surface area contributed by atoms with Gasteiger partial charge in [0, 0.05) is 19.3 Å². The number of hydrogen-bond acceptors (Lipinski definition) is 3. The van der Waals surface area contributed by atoms with Crippen molar-refractivity contribution < 1.29 is 0 Å². The summed E-state index contributed by atoms with van der Waals surface area (Å²) in [5, 5.41) is 3.35. The van der Waals surface area contributed by atoms with Crippen LogP contribution in [0, 0.1) is 6.92 Å². The van der Waals surface area contributed by atoms with Gasteiger partial charge in [-0.2, -0.15) is 0 Å². The Labute approximate surface area is 121 Å². The van der Waals surface area contributed by atoms with Crippen molar-refractivity contribution >= 4 is 5.82 Å². The summed E-state index contributed by atoms with van der Waals surface area (Å²) in [7, 11) is 2.16. The lowest BCUT2D eigenvalue weighted by Crippen LogP contribution is -2.21. The Bertz CT molecular complexity index is 493. The Morgan fingerprint density at radius 1 is 1.10 bits per heavy atom. The standard InChI is InChI=1S/C17H23N3/c1-15-9-10-17(19-13-15)18-11-6-12-20(2)14-16-7-4-3-5-8-16/h3-5,7-10,13H,6,11-12,14H2,1-2H3,(H,18,19). The molecule has 0 spiro atoms. The van der Waals surface area contributed by atoms with Gasteiger partial charge in [-0.15, -0.1) is 0 Å². The van der Waals surface area contributed by atoms with Gasteiger partial charge >= 0.3 is 0 Å². The zero-order valence-corrected chi connectivity index (χ0v) is 12.3. The van der Waals surface area contributed by atoms with E-state index >= 15 is 0 Å². The largest absolute Gasteiger partial charge is 0.370 e. The van der Waals surface area contributed by atoms with Gasteiger partial charge in [0.15, 0.2) is 0 Å². The first kappa shape index (κ1) is 14.5. The van der Waals surface area contributed by atoms with Crippen LogP contribution in [0.3, 0.4) is 0 Å².